The van der Waals surface area contributed by atoms with Gasteiger partial charge in [0.05, 0.1) is 17.6 Å². The van der Waals surface area contributed by atoms with E-state index < -0.39 is 0 Å². The highest BCUT2D eigenvalue weighted by Gasteiger charge is 2.19. The summed E-state index contributed by atoms with van der Waals surface area (Å²) in [5, 5.41) is 17.5. The monoisotopic (exact) mass is 329 g/mol. The van der Waals surface area contributed by atoms with Crippen molar-refractivity contribution in [2.75, 3.05) is 0 Å². The van der Waals surface area contributed by atoms with Crippen LogP contribution in [0.3, 0.4) is 0 Å². The van der Waals surface area contributed by atoms with Crippen LogP contribution in [0.25, 0.3) is 28.0 Å². The second kappa shape index (κ2) is 4.80. The van der Waals surface area contributed by atoms with Crippen molar-refractivity contribution in [2.24, 2.45) is 19.1 Å². The lowest BCUT2D eigenvalue weighted by atomic mass is 10.0. The molecule has 1 aliphatic heterocycles. The molecule has 0 amide bonds. The first-order valence-corrected chi connectivity index (χ1v) is 7.98. The first-order valence-electron chi connectivity index (χ1n) is 7.98. The first kappa shape index (κ1) is 14.0. The van der Waals surface area contributed by atoms with Crippen LogP contribution in [-0.2, 0) is 14.1 Å². The van der Waals surface area contributed by atoms with Gasteiger partial charge in [0.1, 0.15) is 0 Å². The summed E-state index contributed by atoms with van der Waals surface area (Å²) < 4.78 is 3.55. The Morgan fingerprint density at radius 1 is 1.12 bits per heavy atom. The predicted molar refractivity (Wildman–Crippen MR) is 95.0 cm³/mol. The number of aromatic nitrogens is 4. The van der Waals surface area contributed by atoms with E-state index in [1.165, 1.54) is 0 Å². The minimum absolute atomic E-state index is 0.232. The highest BCUT2D eigenvalue weighted by molar-refractivity contribution is 6.05. The summed E-state index contributed by atoms with van der Waals surface area (Å²) in [6, 6.07) is 7.89. The van der Waals surface area contributed by atoms with E-state index in [-0.39, 0.29) is 5.88 Å². The molecular formula is C19H15N5O. The number of hydrogen-bond acceptors (Lipinski definition) is 4. The van der Waals surface area contributed by atoms with Crippen LogP contribution in [-0.4, -0.2) is 24.4 Å². The topological polar surface area (TPSA) is 68.2 Å². The molecule has 0 fully saturated rings. The second-order valence-electron chi connectivity index (χ2n) is 6.26. The van der Waals surface area contributed by atoms with Crippen LogP contribution in [0.15, 0.2) is 47.8 Å². The van der Waals surface area contributed by atoms with Gasteiger partial charge in [0, 0.05) is 48.0 Å². The molecule has 0 atom stereocenters. The zero-order chi connectivity index (χ0) is 17.1. The van der Waals surface area contributed by atoms with Gasteiger partial charge in [0.25, 0.3) is 0 Å². The van der Waals surface area contributed by atoms with Crippen molar-refractivity contribution in [1.82, 2.24) is 19.3 Å². The van der Waals surface area contributed by atoms with E-state index in [0.29, 0.717) is 5.49 Å². The summed E-state index contributed by atoms with van der Waals surface area (Å²) in [6.45, 7) is 0. The van der Waals surface area contributed by atoms with Crippen LogP contribution in [0.4, 0.5) is 5.69 Å². The highest BCUT2D eigenvalue weighted by Crippen LogP contribution is 2.41. The maximum absolute atomic E-state index is 10.6. The Hall–Kier alpha value is -3.41. The van der Waals surface area contributed by atoms with E-state index in [1.54, 1.807) is 15.4 Å². The van der Waals surface area contributed by atoms with Crippen molar-refractivity contribution >= 4 is 22.5 Å². The number of aryl methyl sites for hydroxylation is 1. The Balaban J connectivity index is 1.95. The average Bonchev–Trinajstić information content (AvgIpc) is 3.08. The average molecular weight is 329 g/mol. The highest BCUT2D eigenvalue weighted by atomic mass is 16.3. The Kier molecular flexibility index (Phi) is 2.68. The van der Waals surface area contributed by atoms with Gasteiger partial charge in [-0.1, -0.05) is 0 Å². The molecule has 3 aromatic heterocycles. The fraction of sp³-hybridized carbons (Fsp3) is 0.105. The molecule has 1 aliphatic rings. The van der Waals surface area contributed by atoms with E-state index >= 15 is 0 Å². The summed E-state index contributed by atoms with van der Waals surface area (Å²) in [5.74, 6) is 0.232. The number of pyridine rings is 1. The van der Waals surface area contributed by atoms with Gasteiger partial charge in [-0.25, -0.2) is 9.98 Å². The number of benzene rings is 1. The summed E-state index contributed by atoms with van der Waals surface area (Å²) in [5.41, 5.74) is 4.36. The maximum atomic E-state index is 10.6. The van der Waals surface area contributed by atoms with E-state index in [0.717, 1.165) is 38.5 Å². The van der Waals surface area contributed by atoms with Gasteiger partial charge in [0.15, 0.2) is 11.4 Å². The number of nitrogens with zero attached hydrogens (tertiary/aromatic N) is 5. The Labute approximate surface area is 143 Å². The van der Waals surface area contributed by atoms with Gasteiger partial charge in [0.2, 0.25) is 0 Å². The SMILES string of the molecule is Cn1cc(-c2cc3c4c(n(C)c(O)c4c2)C=c2cccnc2=N3)cn1. The molecule has 1 N–H and O–H groups in total. The van der Waals surface area contributed by atoms with Crippen LogP contribution < -0.4 is 10.7 Å². The molecule has 5 rings (SSSR count). The Bertz CT molecular complexity index is 1280. The number of aromatic hydroxyl groups is 1. The molecule has 0 spiro atoms. The predicted octanol–water partition coefficient (Wildman–Crippen LogP) is 1.77. The van der Waals surface area contributed by atoms with Crippen molar-refractivity contribution in [1.29, 1.82) is 0 Å². The first-order chi connectivity index (χ1) is 12.1. The Morgan fingerprint density at radius 3 is 2.80 bits per heavy atom. The smallest absolute Gasteiger partial charge is 0.199 e. The molecule has 0 unspecified atom stereocenters. The van der Waals surface area contributed by atoms with E-state index in [4.69, 9.17) is 4.99 Å². The molecular weight excluding hydrogens is 314 g/mol. The van der Waals surface area contributed by atoms with Gasteiger partial charge >= 0.3 is 0 Å². The zero-order valence-corrected chi connectivity index (χ0v) is 13.8. The van der Waals surface area contributed by atoms with Crippen LogP contribution in [0.5, 0.6) is 5.88 Å². The summed E-state index contributed by atoms with van der Waals surface area (Å²) in [6.07, 6.45) is 7.52. The van der Waals surface area contributed by atoms with Crippen molar-refractivity contribution < 1.29 is 5.11 Å². The fourth-order valence-corrected chi connectivity index (χ4v) is 3.41. The molecule has 0 bridgehead atoms. The molecule has 6 heteroatoms. The molecule has 0 saturated heterocycles. The van der Waals surface area contributed by atoms with Crippen molar-refractivity contribution in [3.8, 4) is 17.0 Å². The third kappa shape index (κ3) is 1.94. The summed E-state index contributed by atoms with van der Waals surface area (Å²) in [7, 11) is 3.74. The quantitative estimate of drug-likeness (QED) is 0.510. The molecule has 0 aliphatic carbocycles. The van der Waals surface area contributed by atoms with E-state index in [2.05, 4.69) is 10.1 Å². The van der Waals surface area contributed by atoms with E-state index in [9.17, 15) is 5.11 Å². The van der Waals surface area contributed by atoms with E-state index in [1.807, 2.05) is 56.8 Å². The van der Waals surface area contributed by atoms with Crippen LogP contribution >= 0.6 is 0 Å². The summed E-state index contributed by atoms with van der Waals surface area (Å²) >= 11 is 0. The lowest BCUT2D eigenvalue weighted by molar-refractivity contribution is 0.437. The molecule has 4 aromatic rings. The molecule has 6 nitrogen and oxygen atoms in total. The normalized spacial score (nSPS) is 12.4. The number of fused-ring (bicyclic) bond motifs is 1. The molecule has 122 valence electrons. The summed E-state index contributed by atoms with van der Waals surface area (Å²) in [4.78, 5) is 9.18. The molecule has 1 aromatic carbocycles. The lowest BCUT2D eigenvalue weighted by Crippen LogP contribution is -2.27. The largest absolute Gasteiger partial charge is 0.494 e. The third-order valence-electron chi connectivity index (χ3n) is 4.67. The number of hydrogen-bond donors (Lipinski definition) is 1. The molecule has 0 radical (unpaired) electrons. The zero-order valence-electron chi connectivity index (χ0n) is 13.8. The minimum Gasteiger partial charge on any atom is -0.494 e. The lowest BCUT2D eigenvalue weighted by Gasteiger charge is -2.03. The minimum atomic E-state index is 0.232. The standard InChI is InChI=1S/C19H15N5O/c1-23-10-13(9-21-23)12-6-14-17-15(7-12)22-18-11(4-3-5-20-18)8-16(17)24(2)19(14)25/h3-10,25H,1-2H3. The number of rotatable bonds is 1. The van der Waals surface area contributed by atoms with Crippen LogP contribution in [0, 0.1) is 0 Å². The van der Waals surface area contributed by atoms with Gasteiger partial charge in [-0.2, -0.15) is 5.10 Å². The van der Waals surface area contributed by atoms with Crippen molar-refractivity contribution in [3.05, 3.63) is 59.3 Å². The van der Waals surface area contributed by atoms with Gasteiger partial charge in [-0.05, 0) is 35.9 Å². The second-order valence-corrected chi connectivity index (χ2v) is 6.26. The molecule has 0 saturated carbocycles. The van der Waals surface area contributed by atoms with Gasteiger partial charge in [-0.15, -0.1) is 0 Å². The molecule has 4 heterocycles. The van der Waals surface area contributed by atoms with Crippen molar-refractivity contribution in [3.63, 3.8) is 0 Å². The van der Waals surface area contributed by atoms with Crippen molar-refractivity contribution in [2.45, 2.75) is 0 Å². The van der Waals surface area contributed by atoms with Gasteiger partial charge < -0.3 is 9.67 Å². The maximum Gasteiger partial charge on any atom is 0.199 e. The molecule has 25 heavy (non-hydrogen) atoms. The fourth-order valence-electron chi connectivity index (χ4n) is 3.41. The van der Waals surface area contributed by atoms with Gasteiger partial charge in [-0.3, -0.25) is 4.68 Å². The van der Waals surface area contributed by atoms with Crippen LogP contribution in [0.1, 0.15) is 5.69 Å². The Morgan fingerprint density at radius 2 is 2.00 bits per heavy atom. The third-order valence-corrected chi connectivity index (χ3v) is 4.67. The van der Waals surface area contributed by atoms with Crippen LogP contribution in [0.2, 0.25) is 0 Å².